The van der Waals surface area contributed by atoms with Crippen molar-refractivity contribution in [2.45, 2.75) is 18.9 Å². The van der Waals surface area contributed by atoms with E-state index < -0.39 is 26.8 Å². The minimum absolute atomic E-state index is 0.0741. The summed E-state index contributed by atoms with van der Waals surface area (Å²) >= 11 is 0. The Hall–Kier alpha value is -2.16. The van der Waals surface area contributed by atoms with Gasteiger partial charge in [-0.05, 0) is 18.9 Å². The molecule has 0 spiro atoms. The van der Waals surface area contributed by atoms with Gasteiger partial charge >= 0.3 is 6.03 Å². The third-order valence-corrected chi connectivity index (χ3v) is 4.93. The summed E-state index contributed by atoms with van der Waals surface area (Å²) in [7, 11) is -3.10. The molecule has 8 nitrogen and oxygen atoms in total. The molecule has 1 atom stereocenters. The van der Waals surface area contributed by atoms with Gasteiger partial charge in [0.15, 0.2) is 9.84 Å². The number of hydrogen-bond acceptors (Lipinski definition) is 5. The standard InChI is InChI=1S/C12H15N3O5S/c16-12(14-10-4-2-6-21(19,20)8-10)13-9-3-1-5-11(7-9)15(17)18/h1,3,5,7,10H,2,4,6,8H2,(H2,13,14,16). The molecule has 0 radical (unpaired) electrons. The van der Waals surface area contributed by atoms with E-state index in [4.69, 9.17) is 0 Å². The maximum absolute atomic E-state index is 11.8. The highest BCUT2D eigenvalue weighted by molar-refractivity contribution is 7.91. The lowest BCUT2D eigenvalue weighted by atomic mass is 10.2. The van der Waals surface area contributed by atoms with Crippen LogP contribution in [0, 0.1) is 10.1 Å². The zero-order chi connectivity index (χ0) is 15.5. The number of nitro benzene ring substituents is 1. The van der Waals surface area contributed by atoms with Crippen LogP contribution < -0.4 is 10.6 Å². The molecule has 2 N–H and O–H groups in total. The number of hydrogen-bond donors (Lipinski definition) is 2. The van der Waals surface area contributed by atoms with Crippen molar-refractivity contribution in [1.82, 2.24) is 5.32 Å². The van der Waals surface area contributed by atoms with Gasteiger partial charge < -0.3 is 10.6 Å². The van der Waals surface area contributed by atoms with Gasteiger partial charge in [-0.25, -0.2) is 13.2 Å². The van der Waals surface area contributed by atoms with Crippen molar-refractivity contribution in [2.24, 2.45) is 0 Å². The monoisotopic (exact) mass is 313 g/mol. The molecule has 1 unspecified atom stereocenters. The highest BCUT2D eigenvalue weighted by Gasteiger charge is 2.25. The Kier molecular flexibility index (Phi) is 4.41. The number of benzene rings is 1. The number of nitrogens with one attached hydrogen (secondary N) is 2. The van der Waals surface area contributed by atoms with Crippen molar-refractivity contribution in [2.75, 3.05) is 16.8 Å². The van der Waals surface area contributed by atoms with Gasteiger partial charge in [0.2, 0.25) is 0 Å². The van der Waals surface area contributed by atoms with Crippen LogP contribution in [0.2, 0.25) is 0 Å². The van der Waals surface area contributed by atoms with E-state index in [-0.39, 0.29) is 22.9 Å². The summed E-state index contributed by atoms with van der Waals surface area (Å²) in [5.41, 5.74) is 0.147. The Balaban J connectivity index is 1.95. The zero-order valence-electron chi connectivity index (χ0n) is 11.1. The van der Waals surface area contributed by atoms with Gasteiger partial charge in [0.05, 0.1) is 16.4 Å². The van der Waals surface area contributed by atoms with Crippen molar-refractivity contribution in [1.29, 1.82) is 0 Å². The van der Waals surface area contributed by atoms with E-state index in [2.05, 4.69) is 10.6 Å². The highest BCUT2D eigenvalue weighted by Crippen LogP contribution is 2.17. The molecule has 2 rings (SSSR count). The quantitative estimate of drug-likeness (QED) is 0.644. The number of anilines is 1. The third kappa shape index (κ3) is 4.42. The first-order valence-corrected chi connectivity index (χ1v) is 8.20. The van der Waals surface area contributed by atoms with Crippen molar-refractivity contribution in [3.8, 4) is 0 Å². The fourth-order valence-corrected chi connectivity index (χ4v) is 3.82. The summed E-state index contributed by atoms with van der Waals surface area (Å²) in [5, 5.41) is 15.7. The third-order valence-electron chi connectivity index (χ3n) is 3.11. The second-order valence-corrected chi connectivity index (χ2v) is 7.09. The van der Waals surface area contributed by atoms with Crippen LogP contribution in [0.3, 0.4) is 0 Å². The Morgan fingerprint density at radius 1 is 1.38 bits per heavy atom. The van der Waals surface area contributed by atoms with Gasteiger partial charge in [-0.3, -0.25) is 10.1 Å². The van der Waals surface area contributed by atoms with E-state index in [1.807, 2.05) is 0 Å². The van der Waals surface area contributed by atoms with Crippen LogP contribution in [0.4, 0.5) is 16.2 Å². The van der Waals surface area contributed by atoms with Crippen LogP contribution in [-0.4, -0.2) is 36.9 Å². The molecule has 1 saturated heterocycles. The summed E-state index contributed by atoms with van der Waals surface area (Å²) in [6.07, 6.45) is 1.12. The molecule has 1 aliphatic heterocycles. The van der Waals surface area contributed by atoms with Gasteiger partial charge in [0.1, 0.15) is 0 Å². The van der Waals surface area contributed by atoms with E-state index in [1.165, 1.54) is 24.3 Å². The fourth-order valence-electron chi connectivity index (χ4n) is 2.19. The number of urea groups is 1. The normalized spacial score (nSPS) is 20.5. The zero-order valence-corrected chi connectivity index (χ0v) is 11.9. The van der Waals surface area contributed by atoms with Crippen molar-refractivity contribution < 1.29 is 18.1 Å². The summed E-state index contributed by atoms with van der Waals surface area (Å²) in [4.78, 5) is 21.9. The highest BCUT2D eigenvalue weighted by atomic mass is 32.2. The van der Waals surface area contributed by atoms with Crippen molar-refractivity contribution in [3.05, 3.63) is 34.4 Å². The molecule has 1 fully saturated rings. The van der Waals surface area contributed by atoms with Gasteiger partial charge in [-0.1, -0.05) is 6.07 Å². The number of sulfone groups is 1. The number of nitrogens with zero attached hydrogens (tertiary/aromatic N) is 1. The molecule has 21 heavy (non-hydrogen) atoms. The van der Waals surface area contributed by atoms with Crippen molar-refractivity contribution >= 4 is 27.2 Å². The van der Waals surface area contributed by atoms with E-state index in [0.717, 1.165) is 0 Å². The van der Waals surface area contributed by atoms with E-state index in [1.54, 1.807) is 0 Å². The predicted molar refractivity (Wildman–Crippen MR) is 76.9 cm³/mol. The number of rotatable bonds is 3. The molecule has 114 valence electrons. The average Bonchev–Trinajstić information content (AvgIpc) is 2.37. The van der Waals surface area contributed by atoms with Gasteiger partial charge in [-0.15, -0.1) is 0 Å². The molecule has 9 heteroatoms. The van der Waals surface area contributed by atoms with Crippen LogP contribution in [0.15, 0.2) is 24.3 Å². The minimum Gasteiger partial charge on any atom is -0.334 e. The first-order chi connectivity index (χ1) is 9.85. The summed E-state index contributed by atoms with van der Waals surface area (Å²) < 4.78 is 22.9. The maximum Gasteiger partial charge on any atom is 0.319 e. The van der Waals surface area contributed by atoms with Crippen LogP contribution in [0.25, 0.3) is 0 Å². The molecule has 1 aliphatic rings. The second kappa shape index (κ2) is 6.08. The number of nitro groups is 1. The summed E-state index contributed by atoms with van der Waals surface area (Å²) in [5.74, 6) is 0.0764. The average molecular weight is 313 g/mol. The van der Waals surface area contributed by atoms with Gasteiger partial charge in [0, 0.05) is 23.9 Å². The molecule has 0 aliphatic carbocycles. The first-order valence-electron chi connectivity index (χ1n) is 6.38. The Bertz CT molecular complexity index is 659. The van der Waals surface area contributed by atoms with E-state index in [0.29, 0.717) is 12.8 Å². The Morgan fingerprint density at radius 3 is 2.81 bits per heavy atom. The largest absolute Gasteiger partial charge is 0.334 e. The minimum atomic E-state index is -3.10. The fraction of sp³-hybridized carbons (Fsp3) is 0.417. The molecular weight excluding hydrogens is 298 g/mol. The van der Waals surface area contributed by atoms with E-state index in [9.17, 15) is 23.3 Å². The number of amides is 2. The maximum atomic E-state index is 11.8. The van der Waals surface area contributed by atoms with Gasteiger partial charge in [-0.2, -0.15) is 0 Å². The van der Waals surface area contributed by atoms with Crippen molar-refractivity contribution in [3.63, 3.8) is 0 Å². The molecule has 1 heterocycles. The summed E-state index contributed by atoms with van der Waals surface area (Å²) in [6.45, 7) is 0. The Labute approximate surface area is 121 Å². The van der Waals surface area contributed by atoms with Crippen LogP contribution in [0.5, 0.6) is 0 Å². The second-order valence-electron chi connectivity index (χ2n) is 4.86. The van der Waals surface area contributed by atoms with Crippen LogP contribution >= 0.6 is 0 Å². The molecule has 1 aromatic rings. The lowest BCUT2D eigenvalue weighted by Crippen LogP contribution is -2.44. The first kappa shape index (κ1) is 15.2. The number of carbonyl (C=O) groups excluding carboxylic acids is 1. The number of carbonyl (C=O) groups is 1. The molecule has 0 bridgehead atoms. The van der Waals surface area contributed by atoms with Crippen LogP contribution in [-0.2, 0) is 9.84 Å². The molecule has 0 aromatic heterocycles. The lowest BCUT2D eigenvalue weighted by Gasteiger charge is -2.23. The molecule has 1 aromatic carbocycles. The summed E-state index contributed by atoms with van der Waals surface area (Å²) in [6, 6.07) is 4.52. The molecule has 0 saturated carbocycles. The SMILES string of the molecule is O=C(Nc1cccc([N+](=O)[O-])c1)NC1CCCS(=O)(=O)C1. The van der Waals surface area contributed by atoms with Gasteiger partial charge in [0.25, 0.3) is 5.69 Å². The number of non-ortho nitro benzene ring substituents is 1. The predicted octanol–water partition coefficient (Wildman–Crippen LogP) is 1.29. The lowest BCUT2D eigenvalue weighted by molar-refractivity contribution is -0.384. The smallest absolute Gasteiger partial charge is 0.319 e. The van der Waals surface area contributed by atoms with E-state index >= 15 is 0 Å². The molecular formula is C12H15N3O5S. The van der Waals surface area contributed by atoms with Crippen LogP contribution in [0.1, 0.15) is 12.8 Å². The topological polar surface area (TPSA) is 118 Å². The Morgan fingerprint density at radius 2 is 2.14 bits per heavy atom. The molecule has 2 amide bonds.